The SMILES string of the molecule is CCCNC(Cc1c(F)cccc1Cl)c1ccc(F)cc1. The summed E-state index contributed by atoms with van der Waals surface area (Å²) in [4.78, 5) is 0. The molecule has 0 aliphatic heterocycles. The van der Waals surface area contributed by atoms with Gasteiger partial charge in [0.2, 0.25) is 0 Å². The molecule has 0 fully saturated rings. The monoisotopic (exact) mass is 309 g/mol. The zero-order valence-corrected chi connectivity index (χ0v) is 12.6. The molecule has 2 aromatic rings. The lowest BCUT2D eigenvalue weighted by Gasteiger charge is -2.20. The fourth-order valence-electron chi connectivity index (χ4n) is 2.25. The summed E-state index contributed by atoms with van der Waals surface area (Å²) < 4.78 is 27.0. The predicted molar refractivity (Wildman–Crippen MR) is 82.5 cm³/mol. The highest BCUT2D eigenvalue weighted by Gasteiger charge is 2.16. The summed E-state index contributed by atoms with van der Waals surface area (Å²) in [5, 5.41) is 3.78. The molecule has 0 saturated heterocycles. The molecule has 0 bridgehead atoms. The first-order valence-electron chi connectivity index (χ1n) is 7.03. The van der Waals surface area contributed by atoms with Crippen molar-refractivity contribution in [2.45, 2.75) is 25.8 Å². The smallest absolute Gasteiger partial charge is 0.127 e. The van der Waals surface area contributed by atoms with Gasteiger partial charge in [0.25, 0.3) is 0 Å². The maximum atomic E-state index is 13.9. The van der Waals surface area contributed by atoms with E-state index in [1.165, 1.54) is 18.2 Å². The second kappa shape index (κ2) is 7.53. The van der Waals surface area contributed by atoms with Crippen LogP contribution >= 0.6 is 11.6 Å². The first-order chi connectivity index (χ1) is 10.1. The van der Waals surface area contributed by atoms with Crippen LogP contribution in [-0.2, 0) is 6.42 Å². The lowest BCUT2D eigenvalue weighted by atomic mass is 9.98. The van der Waals surface area contributed by atoms with E-state index in [1.54, 1.807) is 24.3 Å². The molecule has 2 rings (SSSR count). The molecular formula is C17H18ClF2N. The Morgan fingerprint density at radius 1 is 1.10 bits per heavy atom. The molecule has 0 amide bonds. The standard InChI is InChI=1S/C17H18ClF2N/c1-2-10-21-17(12-6-8-13(19)9-7-12)11-14-15(18)4-3-5-16(14)20/h3-9,17,21H,2,10-11H2,1H3. The third kappa shape index (κ3) is 4.26. The van der Waals surface area contributed by atoms with E-state index >= 15 is 0 Å². The third-order valence-corrected chi connectivity index (χ3v) is 3.74. The molecule has 0 aliphatic carbocycles. The summed E-state index contributed by atoms with van der Waals surface area (Å²) in [6.07, 6.45) is 1.39. The van der Waals surface area contributed by atoms with Gasteiger partial charge in [0.1, 0.15) is 11.6 Å². The lowest BCUT2D eigenvalue weighted by molar-refractivity contribution is 0.512. The van der Waals surface area contributed by atoms with Gasteiger partial charge in [-0.2, -0.15) is 0 Å². The van der Waals surface area contributed by atoms with Crippen LogP contribution in [0.15, 0.2) is 42.5 Å². The lowest BCUT2D eigenvalue weighted by Crippen LogP contribution is -2.24. The molecule has 0 radical (unpaired) electrons. The Hall–Kier alpha value is -1.45. The molecule has 1 N–H and O–H groups in total. The highest BCUT2D eigenvalue weighted by Crippen LogP contribution is 2.26. The summed E-state index contributed by atoms with van der Waals surface area (Å²) in [6, 6.07) is 10.9. The molecule has 0 saturated carbocycles. The van der Waals surface area contributed by atoms with Gasteiger partial charge in [-0.05, 0) is 49.2 Å². The van der Waals surface area contributed by atoms with Crippen molar-refractivity contribution in [1.82, 2.24) is 5.32 Å². The number of hydrogen-bond acceptors (Lipinski definition) is 1. The van der Waals surface area contributed by atoms with Gasteiger partial charge in [0.05, 0.1) is 0 Å². The van der Waals surface area contributed by atoms with Crippen LogP contribution in [0.5, 0.6) is 0 Å². The van der Waals surface area contributed by atoms with Gasteiger partial charge >= 0.3 is 0 Å². The Balaban J connectivity index is 2.26. The molecular weight excluding hydrogens is 292 g/mol. The topological polar surface area (TPSA) is 12.0 Å². The van der Waals surface area contributed by atoms with Gasteiger partial charge in [-0.15, -0.1) is 0 Å². The van der Waals surface area contributed by atoms with Crippen molar-refractivity contribution >= 4 is 11.6 Å². The van der Waals surface area contributed by atoms with Crippen molar-refractivity contribution in [2.75, 3.05) is 6.54 Å². The van der Waals surface area contributed by atoms with Crippen molar-refractivity contribution in [1.29, 1.82) is 0 Å². The van der Waals surface area contributed by atoms with Gasteiger partial charge in [-0.1, -0.05) is 36.7 Å². The molecule has 2 aromatic carbocycles. The molecule has 1 unspecified atom stereocenters. The van der Waals surface area contributed by atoms with Crippen LogP contribution in [0.2, 0.25) is 5.02 Å². The quantitative estimate of drug-likeness (QED) is 0.800. The Labute approximate surface area is 128 Å². The second-order valence-electron chi connectivity index (χ2n) is 4.96. The van der Waals surface area contributed by atoms with Crippen LogP contribution in [0, 0.1) is 11.6 Å². The molecule has 1 nitrogen and oxygen atoms in total. The summed E-state index contributed by atoms with van der Waals surface area (Å²) in [5.74, 6) is -0.593. The summed E-state index contributed by atoms with van der Waals surface area (Å²) in [7, 11) is 0. The average molecular weight is 310 g/mol. The Morgan fingerprint density at radius 2 is 1.81 bits per heavy atom. The zero-order chi connectivity index (χ0) is 15.2. The van der Waals surface area contributed by atoms with E-state index in [0.717, 1.165) is 18.5 Å². The first kappa shape index (κ1) is 15.9. The molecule has 4 heteroatoms. The van der Waals surface area contributed by atoms with Crippen molar-refractivity contribution in [3.8, 4) is 0 Å². The predicted octanol–water partition coefficient (Wildman–Crippen LogP) is 4.90. The van der Waals surface area contributed by atoms with E-state index in [0.29, 0.717) is 17.0 Å². The van der Waals surface area contributed by atoms with Crippen molar-refractivity contribution in [2.24, 2.45) is 0 Å². The van der Waals surface area contributed by atoms with E-state index < -0.39 is 0 Å². The van der Waals surface area contributed by atoms with Crippen molar-refractivity contribution in [3.63, 3.8) is 0 Å². The maximum Gasteiger partial charge on any atom is 0.127 e. The fraction of sp³-hybridized carbons (Fsp3) is 0.294. The molecule has 0 heterocycles. The maximum absolute atomic E-state index is 13.9. The number of hydrogen-bond donors (Lipinski definition) is 1. The molecule has 1 atom stereocenters. The van der Waals surface area contributed by atoms with Crippen molar-refractivity contribution in [3.05, 3.63) is 70.2 Å². The number of halogens is 3. The minimum atomic E-state index is -0.312. The number of benzene rings is 2. The number of rotatable bonds is 6. The van der Waals surface area contributed by atoms with Crippen LogP contribution in [-0.4, -0.2) is 6.54 Å². The van der Waals surface area contributed by atoms with Crippen LogP contribution in [0.1, 0.15) is 30.5 Å². The minimum Gasteiger partial charge on any atom is -0.310 e. The largest absolute Gasteiger partial charge is 0.310 e. The fourth-order valence-corrected chi connectivity index (χ4v) is 2.49. The van der Waals surface area contributed by atoms with Crippen LogP contribution < -0.4 is 5.32 Å². The van der Waals surface area contributed by atoms with Gasteiger partial charge in [-0.25, -0.2) is 8.78 Å². The van der Waals surface area contributed by atoms with Crippen molar-refractivity contribution < 1.29 is 8.78 Å². The van der Waals surface area contributed by atoms with Crippen LogP contribution in [0.4, 0.5) is 8.78 Å². The molecule has 21 heavy (non-hydrogen) atoms. The van der Waals surface area contributed by atoms with E-state index in [4.69, 9.17) is 11.6 Å². The van der Waals surface area contributed by atoms with E-state index in [1.807, 2.05) is 0 Å². The van der Waals surface area contributed by atoms with Crippen LogP contribution in [0.25, 0.3) is 0 Å². The Bertz CT molecular complexity index is 564. The molecule has 0 aliphatic rings. The van der Waals surface area contributed by atoms with E-state index in [-0.39, 0.29) is 17.7 Å². The average Bonchev–Trinajstić information content (AvgIpc) is 2.47. The second-order valence-corrected chi connectivity index (χ2v) is 5.37. The molecule has 0 spiro atoms. The minimum absolute atomic E-state index is 0.0973. The van der Waals surface area contributed by atoms with Gasteiger partial charge in [0, 0.05) is 16.6 Å². The summed E-state index contributed by atoms with van der Waals surface area (Å²) >= 11 is 6.09. The highest BCUT2D eigenvalue weighted by molar-refractivity contribution is 6.31. The summed E-state index contributed by atoms with van der Waals surface area (Å²) in [6.45, 7) is 2.86. The molecule has 112 valence electrons. The first-order valence-corrected chi connectivity index (χ1v) is 7.41. The highest BCUT2D eigenvalue weighted by atomic mass is 35.5. The van der Waals surface area contributed by atoms with E-state index in [9.17, 15) is 8.78 Å². The van der Waals surface area contributed by atoms with Gasteiger partial charge < -0.3 is 5.32 Å². The molecule has 0 aromatic heterocycles. The Kier molecular flexibility index (Phi) is 5.71. The van der Waals surface area contributed by atoms with Gasteiger partial charge in [0.15, 0.2) is 0 Å². The van der Waals surface area contributed by atoms with Crippen LogP contribution in [0.3, 0.4) is 0 Å². The zero-order valence-electron chi connectivity index (χ0n) is 11.9. The number of nitrogens with one attached hydrogen (secondary N) is 1. The normalized spacial score (nSPS) is 12.4. The van der Waals surface area contributed by atoms with Gasteiger partial charge in [-0.3, -0.25) is 0 Å². The Morgan fingerprint density at radius 3 is 2.43 bits per heavy atom. The summed E-state index contributed by atoms with van der Waals surface area (Å²) in [5.41, 5.74) is 1.40. The third-order valence-electron chi connectivity index (χ3n) is 3.38. The van der Waals surface area contributed by atoms with E-state index in [2.05, 4.69) is 12.2 Å².